The molecule has 0 bridgehead atoms. The fourth-order valence-electron chi connectivity index (χ4n) is 2.98. The van der Waals surface area contributed by atoms with Gasteiger partial charge < -0.3 is 4.98 Å². The van der Waals surface area contributed by atoms with Gasteiger partial charge in [0.15, 0.2) is 0 Å². The first-order valence-electron chi connectivity index (χ1n) is 7.11. The van der Waals surface area contributed by atoms with Crippen molar-refractivity contribution in [3.8, 4) is 0 Å². The van der Waals surface area contributed by atoms with Crippen LogP contribution in [-0.4, -0.2) is 4.98 Å². The third kappa shape index (κ3) is 2.78. The number of nitrogens with one attached hydrogen (secondary N) is 1. The van der Waals surface area contributed by atoms with E-state index < -0.39 is 0 Å². The van der Waals surface area contributed by atoms with Crippen molar-refractivity contribution >= 4 is 0 Å². The zero-order valence-corrected chi connectivity index (χ0v) is 11.1. The highest BCUT2D eigenvalue weighted by atomic mass is 16.1. The van der Waals surface area contributed by atoms with Crippen LogP contribution in [0.5, 0.6) is 0 Å². The molecule has 2 aromatic rings. The van der Waals surface area contributed by atoms with Gasteiger partial charge in [0.1, 0.15) is 0 Å². The molecule has 0 aliphatic heterocycles. The zero-order valence-electron chi connectivity index (χ0n) is 11.1. The Morgan fingerprint density at radius 1 is 1.00 bits per heavy atom. The number of H-pyrrole nitrogens is 1. The number of rotatable bonds is 3. The van der Waals surface area contributed by atoms with E-state index in [1.807, 2.05) is 6.07 Å². The molecule has 19 heavy (non-hydrogen) atoms. The molecule has 1 heterocycles. The first-order chi connectivity index (χ1) is 9.33. The smallest absolute Gasteiger partial charge is 0.248 e. The average molecular weight is 253 g/mol. The van der Waals surface area contributed by atoms with Gasteiger partial charge in [0.2, 0.25) is 5.56 Å². The second-order valence-electron chi connectivity index (χ2n) is 5.31. The van der Waals surface area contributed by atoms with E-state index in [0.29, 0.717) is 0 Å². The molecule has 0 radical (unpaired) electrons. The molecule has 2 nitrogen and oxygen atoms in total. The van der Waals surface area contributed by atoms with Crippen molar-refractivity contribution in [1.82, 2.24) is 4.98 Å². The number of benzene rings is 1. The lowest BCUT2D eigenvalue weighted by molar-refractivity contribution is 0.667. The molecule has 0 unspecified atom stereocenters. The fraction of sp³-hybridized carbons (Fsp3) is 0.353. The lowest BCUT2D eigenvalue weighted by Gasteiger charge is -2.18. The molecule has 1 N–H and O–H groups in total. The van der Waals surface area contributed by atoms with E-state index in [-0.39, 0.29) is 5.56 Å². The van der Waals surface area contributed by atoms with Gasteiger partial charge in [-0.15, -0.1) is 0 Å². The average Bonchev–Trinajstić information content (AvgIpc) is 2.45. The number of hydrogen-bond acceptors (Lipinski definition) is 1. The molecule has 0 spiro atoms. The second-order valence-corrected chi connectivity index (χ2v) is 5.31. The van der Waals surface area contributed by atoms with Crippen LogP contribution in [0.25, 0.3) is 0 Å². The Balaban J connectivity index is 1.84. The van der Waals surface area contributed by atoms with Gasteiger partial charge >= 0.3 is 0 Å². The first-order valence-corrected chi connectivity index (χ1v) is 7.11. The van der Waals surface area contributed by atoms with Gasteiger partial charge in [-0.2, -0.15) is 0 Å². The van der Waals surface area contributed by atoms with Crippen molar-refractivity contribution in [3.05, 3.63) is 69.1 Å². The van der Waals surface area contributed by atoms with Crippen LogP contribution in [0.15, 0.2) is 41.2 Å². The summed E-state index contributed by atoms with van der Waals surface area (Å²) in [4.78, 5) is 14.8. The molecule has 98 valence electrons. The third-order valence-corrected chi connectivity index (χ3v) is 3.96. The summed E-state index contributed by atoms with van der Waals surface area (Å²) in [5.41, 5.74) is 5.23. The molecule has 1 aliphatic rings. The largest absolute Gasteiger partial charge is 0.326 e. The number of aromatic nitrogens is 1. The second kappa shape index (κ2) is 5.43. The van der Waals surface area contributed by atoms with E-state index in [1.54, 1.807) is 6.07 Å². The zero-order chi connectivity index (χ0) is 13.1. The van der Waals surface area contributed by atoms with Crippen molar-refractivity contribution in [2.45, 2.75) is 38.5 Å². The summed E-state index contributed by atoms with van der Waals surface area (Å²) < 4.78 is 0. The minimum Gasteiger partial charge on any atom is -0.326 e. The van der Waals surface area contributed by atoms with Crippen molar-refractivity contribution in [3.63, 3.8) is 0 Å². The Labute approximate surface area is 113 Å². The van der Waals surface area contributed by atoms with Crippen molar-refractivity contribution in [1.29, 1.82) is 0 Å². The Kier molecular flexibility index (Phi) is 3.49. The van der Waals surface area contributed by atoms with Gasteiger partial charge in [0, 0.05) is 11.8 Å². The van der Waals surface area contributed by atoms with Gasteiger partial charge in [0.05, 0.1) is 0 Å². The lowest BCUT2D eigenvalue weighted by Crippen LogP contribution is -2.17. The monoisotopic (exact) mass is 253 g/mol. The predicted octanol–water partition coefficient (Wildman–Crippen LogP) is 3.04. The molecule has 0 saturated carbocycles. The SMILES string of the molecule is O=c1cc2c(c(CCc3ccccc3)[nH]1)CCCC2. The number of pyridine rings is 1. The third-order valence-electron chi connectivity index (χ3n) is 3.96. The Morgan fingerprint density at radius 3 is 2.63 bits per heavy atom. The lowest BCUT2D eigenvalue weighted by atomic mass is 9.89. The Hall–Kier alpha value is -1.83. The fourth-order valence-corrected chi connectivity index (χ4v) is 2.98. The summed E-state index contributed by atoms with van der Waals surface area (Å²) in [6.07, 6.45) is 6.58. The van der Waals surface area contributed by atoms with Crippen LogP contribution in [0.2, 0.25) is 0 Å². The summed E-state index contributed by atoms with van der Waals surface area (Å²) in [7, 11) is 0. The predicted molar refractivity (Wildman–Crippen MR) is 77.6 cm³/mol. The van der Waals surface area contributed by atoms with Gasteiger partial charge in [-0.25, -0.2) is 0 Å². The van der Waals surface area contributed by atoms with E-state index in [1.165, 1.54) is 29.5 Å². The van der Waals surface area contributed by atoms with Gasteiger partial charge in [-0.1, -0.05) is 30.3 Å². The minimum absolute atomic E-state index is 0.0590. The molecule has 1 aromatic heterocycles. The highest BCUT2D eigenvalue weighted by Crippen LogP contribution is 2.22. The molecule has 0 fully saturated rings. The normalized spacial score (nSPS) is 14.1. The number of hydrogen-bond donors (Lipinski definition) is 1. The molecule has 2 heteroatoms. The summed E-state index contributed by atoms with van der Waals surface area (Å²) in [6, 6.07) is 12.3. The number of aryl methyl sites for hydroxylation is 3. The molecule has 0 amide bonds. The van der Waals surface area contributed by atoms with Crippen LogP contribution in [0.3, 0.4) is 0 Å². The van der Waals surface area contributed by atoms with Gasteiger partial charge in [0.25, 0.3) is 0 Å². The summed E-state index contributed by atoms with van der Waals surface area (Å²) >= 11 is 0. The van der Waals surface area contributed by atoms with Crippen LogP contribution >= 0.6 is 0 Å². The maximum atomic E-state index is 11.7. The van der Waals surface area contributed by atoms with Crippen LogP contribution < -0.4 is 5.56 Å². The van der Waals surface area contributed by atoms with Crippen molar-refractivity contribution in [2.24, 2.45) is 0 Å². The summed E-state index contributed by atoms with van der Waals surface area (Å²) in [6.45, 7) is 0. The molecule has 3 rings (SSSR count). The highest BCUT2D eigenvalue weighted by molar-refractivity contribution is 5.33. The topological polar surface area (TPSA) is 32.9 Å². The molecule has 0 atom stereocenters. The van der Waals surface area contributed by atoms with E-state index in [4.69, 9.17) is 0 Å². The Bertz CT molecular complexity index is 613. The van der Waals surface area contributed by atoms with E-state index >= 15 is 0 Å². The molecular weight excluding hydrogens is 234 g/mol. The summed E-state index contributed by atoms with van der Waals surface area (Å²) in [5.74, 6) is 0. The minimum atomic E-state index is 0.0590. The maximum Gasteiger partial charge on any atom is 0.248 e. The Morgan fingerprint density at radius 2 is 1.79 bits per heavy atom. The van der Waals surface area contributed by atoms with Gasteiger partial charge in [-0.05, 0) is 55.2 Å². The van der Waals surface area contributed by atoms with E-state index in [2.05, 4.69) is 29.2 Å². The van der Waals surface area contributed by atoms with Gasteiger partial charge in [-0.3, -0.25) is 4.79 Å². The van der Waals surface area contributed by atoms with Crippen molar-refractivity contribution < 1.29 is 0 Å². The van der Waals surface area contributed by atoms with Crippen LogP contribution in [-0.2, 0) is 25.7 Å². The first kappa shape index (κ1) is 12.2. The molecule has 1 aliphatic carbocycles. The van der Waals surface area contributed by atoms with E-state index in [9.17, 15) is 4.79 Å². The highest BCUT2D eigenvalue weighted by Gasteiger charge is 2.14. The maximum absolute atomic E-state index is 11.7. The quantitative estimate of drug-likeness (QED) is 0.896. The molecular formula is C17H19NO. The van der Waals surface area contributed by atoms with Crippen molar-refractivity contribution in [2.75, 3.05) is 0 Å². The van der Waals surface area contributed by atoms with Crippen LogP contribution in [0.1, 0.15) is 35.2 Å². The number of fused-ring (bicyclic) bond motifs is 1. The van der Waals surface area contributed by atoms with Crippen LogP contribution in [0.4, 0.5) is 0 Å². The number of aromatic amines is 1. The molecule has 1 aromatic carbocycles. The van der Waals surface area contributed by atoms with Crippen LogP contribution in [0, 0.1) is 0 Å². The summed E-state index contributed by atoms with van der Waals surface area (Å²) in [5, 5.41) is 0. The standard InChI is InChI=1S/C17H19NO/c19-17-12-14-8-4-5-9-15(14)16(18-17)11-10-13-6-2-1-3-7-13/h1-3,6-7,12H,4-5,8-11H2,(H,18,19). The molecule has 0 saturated heterocycles. The van der Waals surface area contributed by atoms with E-state index in [0.717, 1.165) is 31.4 Å².